The molecule has 0 spiro atoms. The van der Waals surface area contributed by atoms with Crippen LogP contribution >= 0.6 is 23.2 Å². The first-order valence-corrected chi connectivity index (χ1v) is 6.49. The van der Waals surface area contributed by atoms with E-state index in [2.05, 4.69) is 17.1 Å². The molecule has 4 rings (SSSR count). The predicted octanol–water partition coefficient (Wildman–Crippen LogP) is 3.80. The lowest BCUT2D eigenvalue weighted by molar-refractivity contribution is 0.378. The van der Waals surface area contributed by atoms with E-state index in [1.807, 2.05) is 6.07 Å². The number of rotatable bonds is 0. The molecule has 0 radical (unpaired) electrons. The highest BCUT2D eigenvalue weighted by Gasteiger charge is 2.41. The number of aliphatic imine (C=N–C) groups is 1. The summed E-state index contributed by atoms with van der Waals surface area (Å²) in [6.07, 6.45) is 5.70. The first kappa shape index (κ1) is 9.98. The average Bonchev–Trinajstić information content (AvgIpc) is 2.87. The van der Waals surface area contributed by atoms with Gasteiger partial charge >= 0.3 is 0 Å². The SMILES string of the molecule is Clc1cc(Cl)c2c(c1)CN1C(=N2)C2C=CC1C2. The fraction of sp³-hybridized carbons (Fsp3) is 0.308. The molecule has 1 aliphatic carbocycles. The molecule has 1 aromatic carbocycles. The number of benzene rings is 1. The maximum atomic E-state index is 6.21. The van der Waals surface area contributed by atoms with Crippen LogP contribution in [0.4, 0.5) is 5.69 Å². The van der Waals surface area contributed by atoms with Gasteiger partial charge in [0.25, 0.3) is 0 Å². The van der Waals surface area contributed by atoms with Crippen molar-refractivity contribution < 1.29 is 0 Å². The third-order valence-corrected chi connectivity index (χ3v) is 4.27. The van der Waals surface area contributed by atoms with E-state index in [9.17, 15) is 0 Å². The Kier molecular flexibility index (Phi) is 1.92. The summed E-state index contributed by atoms with van der Waals surface area (Å²) in [6.45, 7) is 0.875. The normalized spacial score (nSPS) is 28.1. The third kappa shape index (κ3) is 1.31. The fourth-order valence-electron chi connectivity index (χ4n) is 2.99. The van der Waals surface area contributed by atoms with Crippen molar-refractivity contribution >= 4 is 34.7 Å². The highest BCUT2D eigenvalue weighted by atomic mass is 35.5. The minimum atomic E-state index is 0.486. The van der Waals surface area contributed by atoms with Crippen LogP contribution in [-0.2, 0) is 6.54 Å². The van der Waals surface area contributed by atoms with E-state index in [0.29, 0.717) is 22.0 Å². The molecule has 0 aromatic heterocycles. The Morgan fingerprint density at radius 2 is 2.12 bits per heavy atom. The fourth-order valence-corrected chi connectivity index (χ4v) is 3.57. The Labute approximate surface area is 110 Å². The van der Waals surface area contributed by atoms with Crippen molar-refractivity contribution in [3.8, 4) is 0 Å². The van der Waals surface area contributed by atoms with E-state index in [1.54, 1.807) is 6.07 Å². The van der Waals surface area contributed by atoms with Gasteiger partial charge in [-0.15, -0.1) is 0 Å². The second kappa shape index (κ2) is 3.27. The molecule has 2 nitrogen and oxygen atoms in total. The molecule has 17 heavy (non-hydrogen) atoms. The lowest BCUT2D eigenvalue weighted by Crippen LogP contribution is -2.36. The zero-order chi connectivity index (χ0) is 11.6. The summed E-state index contributed by atoms with van der Waals surface area (Å²) in [5, 5.41) is 1.35. The Morgan fingerprint density at radius 1 is 1.24 bits per heavy atom. The van der Waals surface area contributed by atoms with Gasteiger partial charge in [0, 0.05) is 29.1 Å². The van der Waals surface area contributed by atoms with Crippen LogP contribution in [0.3, 0.4) is 0 Å². The minimum absolute atomic E-state index is 0.486. The summed E-state index contributed by atoms with van der Waals surface area (Å²) in [4.78, 5) is 7.09. The molecule has 1 saturated heterocycles. The van der Waals surface area contributed by atoms with Crippen molar-refractivity contribution in [1.29, 1.82) is 0 Å². The van der Waals surface area contributed by atoms with Crippen LogP contribution in [0.25, 0.3) is 0 Å². The molecule has 2 heterocycles. The van der Waals surface area contributed by atoms with E-state index < -0.39 is 0 Å². The molecule has 1 aromatic rings. The summed E-state index contributed by atoms with van der Waals surface area (Å²) in [7, 11) is 0. The van der Waals surface area contributed by atoms with Gasteiger partial charge in [-0.25, -0.2) is 4.99 Å². The van der Waals surface area contributed by atoms with Crippen LogP contribution in [0.5, 0.6) is 0 Å². The van der Waals surface area contributed by atoms with Crippen molar-refractivity contribution in [3.05, 3.63) is 39.9 Å². The summed E-state index contributed by atoms with van der Waals surface area (Å²) >= 11 is 12.3. The average molecular weight is 265 g/mol. The van der Waals surface area contributed by atoms with E-state index in [-0.39, 0.29) is 0 Å². The Balaban J connectivity index is 1.90. The molecule has 3 aliphatic rings. The smallest absolute Gasteiger partial charge is 0.113 e. The second-order valence-corrected chi connectivity index (χ2v) is 5.63. The standard InChI is InChI=1S/C13H10Cl2N2/c14-9-3-8-6-17-10-2-1-7(4-10)13(17)16-12(8)11(15)5-9/h1-3,5,7,10H,4,6H2. The first-order chi connectivity index (χ1) is 8.22. The van der Waals surface area contributed by atoms with E-state index in [0.717, 1.165) is 24.2 Å². The second-order valence-electron chi connectivity index (χ2n) is 4.79. The molecule has 2 bridgehead atoms. The predicted molar refractivity (Wildman–Crippen MR) is 70.1 cm³/mol. The maximum Gasteiger partial charge on any atom is 0.113 e. The van der Waals surface area contributed by atoms with Crippen molar-refractivity contribution in [1.82, 2.24) is 4.90 Å². The third-order valence-electron chi connectivity index (χ3n) is 3.76. The van der Waals surface area contributed by atoms with Gasteiger partial charge in [-0.2, -0.15) is 0 Å². The number of halogens is 2. The van der Waals surface area contributed by atoms with Crippen LogP contribution in [0.2, 0.25) is 10.0 Å². The molecule has 0 amide bonds. The van der Waals surface area contributed by atoms with Gasteiger partial charge in [0.15, 0.2) is 0 Å². The number of hydrogen-bond donors (Lipinski definition) is 0. The Hall–Kier alpha value is -0.990. The molecule has 2 unspecified atom stereocenters. The molecule has 86 valence electrons. The molecule has 1 fully saturated rings. The molecule has 0 saturated carbocycles. The lowest BCUT2D eigenvalue weighted by Gasteiger charge is -2.31. The molecule has 4 heteroatoms. The van der Waals surface area contributed by atoms with Crippen molar-refractivity contribution in [2.75, 3.05) is 0 Å². The topological polar surface area (TPSA) is 15.6 Å². The number of nitrogens with zero attached hydrogens (tertiary/aromatic N) is 2. The molecule has 2 aliphatic heterocycles. The van der Waals surface area contributed by atoms with Crippen LogP contribution in [0.15, 0.2) is 29.3 Å². The van der Waals surface area contributed by atoms with Crippen LogP contribution in [0.1, 0.15) is 12.0 Å². The highest BCUT2D eigenvalue weighted by Crippen LogP contribution is 2.43. The highest BCUT2D eigenvalue weighted by molar-refractivity contribution is 6.36. The number of amidine groups is 1. The van der Waals surface area contributed by atoms with Gasteiger partial charge < -0.3 is 4.90 Å². The van der Waals surface area contributed by atoms with Crippen LogP contribution in [-0.4, -0.2) is 16.8 Å². The summed E-state index contributed by atoms with van der Waals surface area (Å²) in [6, 6.07) is 4.26. The number of fused-ring (bicyclic) bond motifs is 6. The first-order valence-electron chi connectivity index (χ1n) is 5.74. The van der Waals surface area contributed by atoms with Crippen molar-refractivity contribution in [3.63, 3.8) is 0 Å². The van der Waals surface area contributed by atoms with E-state index >= 15 is 0 Å². The van der Waals surface area contributed by atoms with Crippen LogP contribution < -0.4 is 0 Å². The molecule has 0 N–H and O–H groups in total. The molecular formula is C13H10Cl2N2. The van der Waals surface area contributed by atoms with E-state index in [1.165, 1.54) is 5.84 Å². The lowest BCUT2D eigenvalue weighted by atomic mass is 10.1. The molecule has 2 atom stereocenters. The van der Waals surface area contributed by atoms with Crippen LogP contribution in [0, 0.1) is 5.92 Å². The monoisotopic (exact) mass is 264 g/mol. The van der Waals surface area contributed by atoms with Gasteiger partial charge in [0.1, 0.15) is 5.84 Å². The number of hydrogen-bond acceptors (Lipinski definition) is 2. The minimum Gasteiger partial charge on any atom is -0.349 e. The van der Waals surface area contributed by atoms with Gasteiger partial charge in [0.05, 0.1) is 10.7 Å². The van der Waals surface area contributed by atoms with Gasteiger partial charge in [-0.3, -0.25) is 0 Å². The quantitative estimate of drug-likeness (QED) is 0.651. The molecular weight excluding hydrogens is 255 g/mol. The maximum absolute atomic E-state index is 6.21. The zero-order valence-electron chi connectivity index (χ0n) is 9.03. The van der Waals surface area contributed by atoms with Gasteiger partial charge in [-0.1, -0.05) is 35.4 Å². The van der Waals surface area contributed by atoms with Crippen molar-refractivity contribution in [2.45, 2.75) is 19.0 Å². The summed E-state index contributed by atoms with van der Waals surface area (Å²) in [5.41, 5.74) is 2.04. The van der Waals surface area contributed by atoms with Gasteiger partial charge in [-0.05, 0) is 18.6 Å². The van der Waals surface area contributed by atoms with E-state index in [4.69, 9.17) is 28.2 Å². The largest absolute Gasteiger partial charge is 0.349 e. The van der Waals surface area contributed by atoms with Gasteiger partial charge in [0.2, 0.25) is 0 Å². The zero-order valence-corrected chi connectivity index (χ0v) is 10.5. The summed E-state index contributed by atoms with van der Waals surface area (Å²) in [5.74, 6) is 1.66. The Bertz CT molecular complexity index is 577. The Morgan fingerprint density at radius 3 is 3.00 bits per heavy atom. The summed E-state index contributed by atoms with van der Waals surface area (Å²) < 4.78 is 0. The van der Waals surface area contributed by atoms with Crippen molar-refractivity contribution in [2.24, 2.45) is 10.9 Å².